The SMILES string of the molecule is CC(C)CNC(=O)C(C)N(Cc1c(Cl)cccc1Cl)C(=O)CN(c1cc(Cl)cc(Cl)c1)S(=O)(=O)c1ccccc1. The topological polar surface area (TPSA) is 86.8 Å². The molecule has 12 heteroatoms. The molecular formula is C28H29Cl4N3O4S. The number of hydrogen-bond donors (Lipinski definition) is 1. The molecule has 214 valence electrons. The van der Waals surface area contributed by atoms with Gasteiger partial charge in [0, 0.05) is 38.7 Å². The van der Waals surface area contributed by atoms with Crippen molar-refractivity contribution in [2.24, 2.45) is 5.92 Å². The quantitative estimate of drug-likeness (QED) is 0.252. The van der Waals surface area contributed by atoms with Crippen molar-refractivity contribution in [3.63, 3.8) is 0 Å². The standard InChI is InChI=1S/C28H29Cl4N3O4S/c1-18(2)15-33-28(37)19(3)34(16-24-25(31)10-7-11-26(24)32)27(36)17-35(22-13-20(29)12-21(30)14-22)40(38,39)23-8-5-4-6-9-23/h4-14,18-19H,15-17H2,1-3H3,(H,33,37). The van der Waals surface area contributed by atoms with Crippen LogP contribution in [0.25, 0.3) is 0 Å². The predicted molar refractivity (Wildman–Crippen MR) is 162 cm³/mol. The number of sulfonamides is 1. The highest BCUT2D eigenvalue weighted by Gasteiger charge is 2.33. The lowest BCUT2D eigenvalue weighted by atomic mass is 10.1. The van der Waals surface area contributed by atoms with Gasteiger partial charge in [-0.1, -0.05) is 84.5 Å². The highest BCUT2D eigenvalue weighted by atomic mass is 35.5. The van der Waals surface area contributed by atoms with Gasteiger partial charge in [0.1, 0.15) is 12.6 Å². The van der Waals surface area contributed by atoms with Crippen molar-refractivity contribution in [1.29, 1.82) is 0 Å². The minimum Gasteiger partial charge on any atom is -0.354 e. The van der Waals surface area contributed by atoms with E-state index in [-0.39, 0.29) is 33.1 Å². The molecule has 1 N–H and O–H groups in total. The van der Waals surface area contributed by atoms with Crippen molar-refractivity contribution < 1.29 is 18.0 Å². The summed E-state index contributed by atoms with van der Waals surface area (Å²) in [6.45, 7) is 5.05. The van der Waals surface area contributed by atoms with E-state index in [0.717, 1.165) is 4.31 Å². The molecule has 2 amide bonds. The number of benzene rings is 3. The Balaban J connectivity index is 2.07. The molecule has 3 rings (SSSR count). The van der Waals surface area contributed by atoms with Crippen molar-refractivity contribution in [3.05, 3.63) is 92.4 Å². The average molecular weight is 645 g/mol. The maximum absolute atomic E-state index is 14.0. The normalized spacial score (nSPS) is 12.2. The highest BCUT2D eigenvalue weighted by molar-refractivity contribution is 7.92. The largest absolute Gasteiger partial charge is 0.354 e. The zero-order chi connectivity index (χ0) is 29.6. The summed E-state index contributed by atoms with van der Waals surface area (Å²) in [4.78, 5) is 28.3. The van der Waals surface area contributed by atoms with Crippen molar-refractivity contribution >= 4 is 73.9 Å². The number of nitrogens with zero attached hydrogens (tertiary/aromatic N) is 2. The summed E-state index contributed by atoms with van der Waals surface area (Å²) in [5, 5.41) is 3.79. The zero-order valence-corrected chi connectivity index (χ0v) is 25.9. The Hall–Kier alpha value is -2.49. The second kappa shape index (κ2) is 13.9. The van der Waals surface area contributed by atoms with Crippen molar-refractivity contribution in [3.8, 4) is 0 Å². The van der Waals surface area contributed by atoms with E-state index in [1.54, 1.807) is 43.3 Å². The Kier molecular flexibility index (Phi) is 11.1. The maximum Gasteiger partial charge on any atom is 0.264 e. The average Bonchev–Trinajstić information content (AvgIpc) is 2.89. The van der Waals surface area contributed by atoms with E-state index in [1.165, 1.54) is 35.2 Å². The van der Waals surface area contributed by atoms with Crippen LogP contribution >= 0.6 is 46.4 Å². The van der Waals surface area contributed by atoms with Gasteiger partial charge in [0.2, 0.25) is 11.8 Å². The number of carbonyl (C=O) groups is 2. The molecule has 0 bridgehead atoms. The van der Waals surface area contributed by atoms with Gasteiger partial charge >= 0.3 is 0 Å². The first-order valence-corrected chi connectivity index (χ1v) is 15.3. The van der Waals surface area contributed by atoms with E-state index >= 15 is 0 Å². The Morgan fingerprint density at radius 2 is 1.43 bits per heavy atom. The van der Waals surface area contributed by atoms with E-state index in [4.69, 9.17) is 46.4 Å². The molecule has 0 aromatic heterocycles. The number of amides is 2. The number of hydrogen-bond acceptors (Lipinski definition) is 4. The van der Waals surface area contributed by atoms with Gasteiger partial charge in [-0.05, 0) is 55.3 Å². The third-order valence-corrected chi connectivity index (χ3v) is 8.92. The van der Waals surface area contributed by atoms with Crippen molar-refractivity contribution in [2.45, 2.75) is 38.3 Å². The molecule has 0 aliphatic rings. The van der Waals surface area contributed by atoms with Gasteiger partial charge in [-0.25, -0.2) is 8.42 Å². The van der Waals surface area contributed by atoms with Crippen LogP contribution in [0.2, 0.25) is 20.1 Å². The summed E-state index contributed by atoms with van der Waals surface area (Å²) in [5.74, 6) is -0.898. The van der Waals surface area contributed by atoms with E-state index in [9.17, 15) is 18.0 Å². The second-order valence-electron chi connectivity index (χ2n) is 9.49. The van der Waals surface area contributed by atoms with Gasteiger partial charge in [-0.15, -0.1) is 0 Å². The molecule has 0 aliphatic carbocycles. The number of rotatable bonds is 11. The van der Waals surface area contributed by atoms with Crippen LogP contribution in [-0.4, -0.2) is 44.3 Å². The summed E-state index contributed by atoms with van der Waals surface area (Å²) in [5.41, 5.74) is 0.508. The molecule has 40 heavy (non-hydrogen) atoms. The summed E-state index contributed by atoms with van der Waals surface area (Å²) in [6, 6.07) is 15.8. The second-order valence-corrected chi connectivity index (χ2v) is 13.0. The minimum absolute atomic E-state index is 0.0395. The first kappa shape index (κ1) is 32.0. The fraction of sp³-hybridized carbons (Fsp3) is 0.286. The molecule has 3 aromatic carbocycles. The van der Waals surface area contributed by atoms with Crippen LogP contribution < -0.4 is 9.62 Å². The molecular weight excluding hydrogens is 616 g/mol. The van der Waals surface area contributed by atoms with E-state index in [2.05, 4.69) is 5.32 Å². The third-order valence-electron chi connectivity index (χ3n) is 5.99. The third kappa shape index (κ3) is 8.04. The summed E-state index contributed by atoms with van der Waals surface area (Å²) >= 11 is 25.2. The Morgan fingerprint density at radius 1 is 0.850 bits per heavy atom. The van der Waals surface area contributed by atoms with Crippen LogP contribution in [0.3, 0.4) is 0 Å². The molecule has 0 aliphatic heterocycles. The molecule has 0 spiro atoms. The fourth-order valence-electron chi connectivity index (χ4n) is 3.82. The van der Waals surface area contributed by atoms with Gasteiger partial charge < -0.3 is 10.2 Å². The van der Waals surface area contributed by atoms with Gasteiger partial charge in [0.25, 0.3) is 10.0 Å². The zero-order valence-electron chi connectivity index (χ0n) is 22.1. The van der Waals surface area contributed by atoms with Gasteiger partial charge in [0.15, 0.2) is 0 Å². The van der Waals surface area contributed by atoms with Crippen LogP contribution in [0, 0.1) is 5.92 Å². The van der Waals surface area contributed by atoms with Crippen molar-refractivity contribution in [2.75, 3.05) is 17.4 Å². The van der Waals surface area contributed by atoms with Crippen LogP contribution in [0.5, 0.6) is 0 Å². The van der Waals surface area contributed by atoms with Gasteiger partial charge in [-0.3, -0.25) is 13.9 Å². The van der Waals surface area contributed by atoms with E-state index in [0.29, 0.717) is 22.2 Å². The van der Waals surface area contributed by atoms with Crippen LogP contribution in [0.15, 0.2) is 71.6 Å². The minimum atomic E-state index is -4.26. The Morgan fingerprint density at radius 3 is 1.98 bits per heavy atom. The summed E-state index contributed by atoms with van der Waals surface area (Å²) in [7, 11) is -4.26. The molecule has 0 fully saturated rings. The lowest BCUT2D eigenvalue weighted by Crippen LogP contribution is -2.51. The summed E-state index contributed by atoms with van der Waals surface area (Å²) < 4.78 is 28.5. The first-order valence-electron chi connectivity index (χ1n) is 12.3. The van der Waals surface area contributed by atoms with Crippen LogP contribution in [0.1, 0.15) is 26.3 Å². The molecule has 0 heterocycles. The van der Waals surface area contributed by atoms with Crippen molar-refractivity contribution in [1.82, 2.24) is 10.2 Å². The van der Waals surface area contributed by atoms with Gasteiger partial charge in [-0.2, -0.15) is 0 Å². The smallest absolute Gasteiger partial charge is 0.264 e. The number of carbonyl (C=O) groups excluding carboxylic acids is 2. The Bertz CT molecular complexity index is 1430. The van der Waals surface area contributed by atoms with Crippen LogP contribution in [0.4, 0.5) is 5.69 Å². The first-order chi connectivity index (χ1) is 18.8. The number of anilines is 1. The Labute approximate surface area is 255 Å². The molecule has 1 unspecified atom stereocenters. The van der Waals surface area contributed by atoms with Gasteiger partial charge in [0.05, 0.1) is 10.6 Å². The molecule has 0 saturated carbocycles. The highest BCUT2D eigenvalue weighted by Crippen LogP contribution is 2.31. The molecule has 0 radical (unpaired) electrons. The summed E-state index contributed by atoms with van der Waals surface area (Å²) in [6.07, 6.45) is 0. The van der Waals surface area contributed by atoms with E-state index in [1.807, 2.05) is 13.8 Å². The molecule has 1 atom stereocenters. The molecule has 0 saturated heterocycles. The fourth-order valence-corrected chi connectivity index (χ4v) is 6.27. The molecule has 7 nitrogen and oxygen atoms in total. The van der Waals surface area contributed by atoms with Crippen LogP contribution in [-0.2, 0) is 26.2 Å². The molecule has 3 aromatic rings. The predicted octanol–water partition coefficient (Wildman–Crippen LogP) is 6.69. The lowest BCUT2D eigenvalue weighted by molar-refractivity contribution is -0.139. The lowest BCUT2D eigenvalue weighted by Gasteiger charge is -2.32. The monoisotopic (exact) mass is 643 g/mol. The maximum atomic E-state index is 14.0. The number of nitrogens with one attached hydrogen (secondary N) is 1. The number of halogens is 4. The van der Waals surface area contributed by atoms with E-state index < -0.39 is 34.4 Å².